The maximum atomic E-state index is 5.50. The molecule has 0 unspecified atom stereocenters. The average Bonchev–Trinajstić information content (AvgIpc) is 3.57. The van der Waals surface area contributed by atoms with Crippen LogP contribution in [0.1, 0.15) is 161 Å². The van der Waals surface area contributed by atoms with E-state index in [1.807, 2.05) is 42.3 Å². The molecule has 0 atom stereocenters. The van der Waals surface area contributed by atoms with Crippen LogP contribution in [0.3, 0.4) is 0 Å². The van der Waals surface area contributed by atoms with Crippen molar-refractivity contribution in [3.63, 3.8) is 0 Å². The summed E-state index contributed by atoms with van der Waals surface area (Å²) >= 11 is 0. The summed E-state index contributed by atoms with van der Waals surface area (Å²) in [6.07, 6.45) is 29.4. The molecule has 0 bridgehead atoms. The quantitative estimate of drug-likeness (QED) is 0.0364. The summed E-state index contributed by atoms with van der Waals surface area (Å²) in [7, 11) is 14.1. The molecule has 0 radical (unpaired) electrons. The zero-order valence-electron chi connectivity index (χ0n) is 62.3. The van der Waals surface area contributed by atoms with Crippen molar-refractivity contribution in [3.8, 4) is 0 Å². The molecule has 0 aliphatic carbocycles. The number of rotatable bonds is 67. The SMILES string of the molecule is CCCCN(CCN)CCN.CNCCCCCNCCCCCN.CNCCCCCNCCCCCNCCN.CNCCCN(C)CCCN.CNCCCN(CCCN)CCCN.CNCCCNCCCN.CNCCCNCCCNCCCN. The van der Waals surface area contributed by atoms with Gasteiger partial charge < -0.3 is 130 Å². The van der Waals surface area contributed by atoms with Gasteiger partial charge in [0.25, 0.3) is 0 Å². The summed E-state index contributed by atoms with van der Waals surface area (Å²) in [4.78, 5) is 7.10. The first kappa shape index (κ1) is 104. The molecule has 30 N–H and O–H groups in total. The lowest BCUT2D eigenvalue weighted by Crippen LogP contribution is -2.34. The Morgan fingerprint density at radius 2 is 0.440 bits per heavy atom. The average molecular weight is 1310 g/mol. The molecule has 0 aromatic heterocycles. The Balaban J connectivity index is -0.000000182. The maximum Gasteiger partial charge on any atom is 0.0105 e. The molecule has 0 aromatic carbocycles. The minimum atomic E-state index is 0.740. The number of nitrogens with two attached hydrogens (primary N) is 9. The van der Waals surface area contributed by atoms with Crippen molar-refractivity contribution >= 4 is 0 Å². The fraction of sp³-hybridized carbons (Fsp3) is 1.00. The van der Waals surface area contributed by atoms with Gasteiger partial charge in [-0.25, -0.2) is 0 Å². The summed E-state index contributed by atoms with van der Waals surface area (Å²) < 4.78 is 0. The second-order valence-corrected chi connectivity index (χ2v) is 23.3. The van der Waals surface area contributed by atoms with Gasteiger partial charge in [-0.2, -0.15) is 0 Å². The van der Waals surface area contributed by atoms with Gasteiger partial charge in [0.05, 0.1) is 0 Å². The van der Waals surface area contributed by atoms with Crippen LogP contribution >= 0.6 is 0 Å². The molecule has 0 fully saturated rings. The molecule has 0 aromatic rings. The fourth-order valence-corrected chi connectivity index (χ4v) is 8.66. The minimum Gasteiger partial charge on any atom is -0.330 e. The predicted octanol–water partition coefficient (Wildman–Crippen LogP) is 0.305. The van der Waals surface area contributed by atoms with Crippen molar-refractivity contribution in [3.05, 3.63) is 0 Å². The van der Waals surface area contributed by atoms with Gasteiger partial charge >= 0.3 is 0 Å². The third-order valence-corrected chi connectivity index (χ3v) is 14.2. The van der Waals surface area contributed by atoms with Gasteiger partial charge in [0, 0.05) is 39.3 Å². The summed E-state index contributed by atoms with van der Waals surface area (Å²) in [5, 5.41) is 39.2. The zero-order valence-corrected chi connectivity index (χ0v) is 62.3. The van der Waals surface area contributed by atoms with E-state index in [0.29, 0.717) is 0 Å². The first-order valence-corrected chi connectivity index (χ1v) is 37.2. The van der Waals surface area contributed by atoms with E-state index < -0.39 is 0 Å². The molecule has 0 aliphatic rings. The Kier molecular flexibility index (Phi) is 126. The van der Waals surface area contributed by atoms with Crippen LogP contribution in [0.15, 0.2) is 0 Å². The molecule has 0 rings (SSSR count). The van der Waals surface area contributed by atoms with E-state index in [4.69, 9.17) is 51.6 Å². The lowest BCUT2D eigenvalue weighted by molar-refractivity contribution is 0.266. The molecule has 0 aliphatic heterocycles. The Bertz CT molecular complexity index is 1000. The molecule has 0 amide bonds. The molecule has 91 heavy (non-hydrogen) atoms. The van der Waals surface area contributed by atoms with Gasteiger partial charge in [0.15, 0.2) is 0 Å². The highest BCUT2D eigenvalue weighted by Gasteiger charge is 2.03. The van der Waals surface area contributed by atoms with E-state index >= 15 is 0 Å². The summed E-state index contributed by atoms with van der Waals surface area (Å²) in [5.41, 5.74) is 48.8. The van der Waals surface area contributed by atoms with E-state index in [0.717, 1.165) is 235 Å². The molecule has 24 nitrogen and oxygen atoms in total. The van der Waals surface area contributed by atoms with E-state index in [9.17, 15) is 0 Å². The highest BCUT2D eigenvalue weighted by atomic mass is 15.1. The molecular formula is C67H172N24. The number of nitrogens with zero attached hydrogens (tertiary/aromatic N) is 3. The number of hydrogen-bond donors (Lipinski definition) is 21. The van der Waals surface area contributed by atoms with E-state index in [1.165, 1.54) is 148 Å². The summed E-state index contributed by atoms with van der Waals surface area (Å²) in [6.45, 7) is 37.9. The molecule has 0 heterocycles. The van der Waals surface area contributed by atoms with Gasteiger partial charge in [0.2, 0.25) is 0 Å². The molecule has 0 saturated heterocycles. The van der Waals surface area contributed by atoms with E-state index in [1.54, 1.807) is 0 Å². The third-order valence-electron chi connectivity index (χ3n) is 14.2. The van der Waals surface area contributed by atoms with Crippen molar-refractivity contribution in [2.75, 3.05) is 278 Å². The van der Waals surface area contributed by atoms with Crippen LogP contribution < -0.4 is 115 Å². The molecule has 24 heteroatoms. The Hall–Kier alpha value is -0.960. The van der Waals surface area contributed by atoms with Crippen molar-refractivity contribution < 1.29 is 0 Å². The monoisotopic (exact) mass is 1310 g/mol. The largest absolute Gasteiger partial charge is 0.330 e. The first-order valence-electron chi connectivity index (χ1n) is 37.2. The third kappa shape index (κ3) is 123. The zero-order chi connectivity index (χ0) is 68.9. The minimum absolute atomic E-state index is 0.740. The van der Waals surface area contributed by atoms with Crippen molar-refractivity contribution in [2.45, 2.75) is 161 Å². The van der Waals surface area contributed by atoms with Crippen molar-refractivity contribution in [1.82, 2.24) is 78.5 Å². The van der Waals surface area contributed by atoms with Crippen LogP contribution in [-0.2, 0) is 0 Å². The molecule has 560 valence electrons. The predicted molar refractivity (Wildman–Crippen MR) is 409 cm³/mol. The van der Waals surface area contributed by atoms with Crippen molar-refractivity contribution in [1.29, 1.82) is 0 Å². The van der Waals surface area contributed by atoms with Gasteiger partial charge in [-0.1, -0.05) is 39.0 Å². The van der Waals surface area contributed by atoms with Crippen LogP contribution in [0.5, 0.6) is 0 Å². The number of hydrogen-bond acceptors (Lipinski definition) is 24. The van der Waals surface area contributed by atoms with Crippen LogP contribution in [0.4, 0.5) is 0 Å². The topological polar surface area (TPSA) is 388 Å². The Labute approximate surface area is 567 Å². The van der Waals surface area contributed by atoms with E-state index in [-0.39, 0.29) is 0 Å². The maximum absolute atomic E-state index is 5.50. The number of unbranched alkanes of at least 4 members (excludes halogenated alkanes) is 9. The highest BCUT2D eigenvalue weighted by Crippen LogP contribution is 1.98. The van der Waals surface area contributed by atoms with Crippen LogP contribution in [0.2, 0.25) is 0 Å². The van der Waals surface area contributed by atoms with Crippen LogP contribution in [-0.4, -0.2) is 293 Å². The second kappa shape index (κ2) is 110. The lowest BCUT2D eigenvalue weighted by atomic mass is 10.2. The van der Waals surface area contributed by atoms with Gasteiger partial charge in [-0.15, -0.1) is 0 Å². The van der Waals surface area contributed by atoms with Gasteiger partial charge in [-0.3, -0.25) is 0 Å². The normalized spacial score (nSPS) is 10.8. The van der Waals surface area contributed by atoms with Gasteiger partial charge in [0.1, 0.15) is 0 Å². The summed E-state index contributed by atoms with van der Waals surface area (Å²) in [6, 6.07) is 0. The Morgan fingerprint density at radius 3 is 0.780 bits per heavy atom. The Morgan fingerprint density at radius 1 is 0.198 bits per heavy atom. The lowest BCUT2D eigenvalue weighted by Gasteiger charge is -2.21. The first-order chi connectivity index (χ1) is 44.7. The van der Waals surface area contributed by atoms with Crippen LogP contribution in [0.25, 0.3) is 0 Å². The van der Waals surface area contributed by atoms with E-state index in [2.05, 4.69) is 92.5 Å². The molecule has 0 saturated carbocycles. The second-order valence-electron chi connectivity index (χ2n) is 23.3. The summed E-state index contributed by atoms with van der Waals surface area (Å²) in [5.74, 6) is 0. The van der Waals surface area contributed by atoms with Crippen LogP contribution in [0, 0.1) is 0 Å². The smallest absolute Gasteiger partial charge is 0.0105 e. The fourth-order valence-electron chi connectivity index (χ4n) is 8.66. The standard InChI is InChI=1S/C13H32N4.C11H27N3.2C10H26N4.2C8H21N3.C7H19N3/c1-15-9-4-2-5-10-16-11-6-3-7-12-17-13-8-14;1-13-9-5-3-7-11-14-10-6-2-4-8-12;1-13-7-4-10-14(8-2-5-11)9-3-6-12;1-12-6-3-8-14-10-4-9-13-7-2-5-11;1-10-6-4-8-11(2)7-3-5-9;1-2-3-6-11(7-4-9)8-5-10;1-9-5-3-7-10-6-2-4-8/h15-17H,2-14H2,1H3;13-14H,2-12H2,1H3;13H,2-12H2,1H3;12-14H,2-11H2,1H3;10H,3-9H2,1-2H3;2-10H2,1H3;9-10H,2-8H2,1H3. The number of nitrogens with one attached hydrogen (secondary N) is 12. The van der Waals surface area contributed by atoms with Gasteiger partial charge in [-0.05, 0) is 361 Å². The van der Waals surface area contributed by atoms with Crippen molar-refractivity contribution in [2.24, 2.45) is 51.6 Å². The highest BCUT2D eigenvalue weighted by molar-refractivity contribution is 4.62. The molecular weight excluding hydrogens is 1140 g/mol. The molecule has 0 spiro atoms.